The van der Waals surface area contributed by atoms with Crippen molar-refractivity contribution in [3.05, 3.63) is 83.2 Å². The lowest BCUT2D eigenvalue weighted by Gasteiger charge is -2.22. The molecule has 0 aliphatic carbocycles. The van der Waals surface area contributed by atoms with Crippen molar-refractivity contribution in [3.8, 4) is 5.75 Å². The number of hydrogen-bond acceptors (Lipinski definition) is 6. The zero-order chi connectivity index (χ0) is 24.7. The Morgan fingerprint density at radius 2 is 1.88 bits per heavy atom. The number of carbonyl (C=O) groups excluding carboxylic acids is 2. The molecule has 0 radical (unpaired) electrons. The summed E-state index contributed by atoms with van der Waals surface area (Å²) in [7, 11) is 1.58. The van der Waals surface area contributed by atoms with E-state index in [1.54, 1.807) is 61.7 Å². The van der Waals surface area contributed by atoms with Crippen molar-refractivity contribution < 1.29 is 14.3 Å². The zero-order valence-electron chi connectivity index (χ0n) is 19.3. The van der Waals surface area contributed by atoms with Gasteiger partial charge in [0.1, 0.15) is 5.75 Å². The molecule has 0 bridgehead atoms. The molecule has 0 aliphatic rings. The van der Waals surface area contributed by atoms with Crippen molar-refractivity contribution in [2.45, 2.75) is 31.6 Å². The van der Waals surface area contributed by atoms with Crippen LogP contribution >= 0.6 is 23.4 Å². The SMILES string of the molecule is C=CCn1c(SCC(=O)c2ccc(OC)cc2)nnc1[C@H](NC(=O)c1ccccc1Cl)C(C)C. The van der Waals surface area contributed by atoms with Crippen molar-refractivity contribution in [1.29, 1.82) is 0 Å². The van der Waals surface area contributed by atoms with E-state index in [0.717, 1.165) is 0 Å². The fraction of sp³-hybridized carbons (Fsp3) is 0.280. The molecule has 1 atom stereocenters. The number of thioether (sulfide) groups is 1. The van der Waals surface area contributed by atoms with Gasteiger partial charge in [-0.1, -0.05) is 55.4 Å². The van der Waals surface area contributed by atoms with E-state index in [1.807, 2.05) is 18.4 Å². The number of benzene rings is 2. The quantitative estimate of drug-likeness (QED) is 0.221. The topological polar surface area (TPSA) is 86.1 Å². The lowest BCUT2D eigenvalue weighted by atomic mass is 10.0. The zero-order valence-corrected chi connectivity index (χ0v) is 20.9. The minimum atomic E-state index is -0.414. The Kier molecular flexibility index (Phi) is 8.90. The molecule has 34 heavy (non-hydrogen) atoms. The molecular weight excluding hydrogens is 472 g/mol. The maximum Gasteiger partial charge on any atom is 0.253 e. The first-order valence-corrected chi connectivity index (χ1v) is 12.1. The summed E-state index contributed by atoms with van der Waals surface area (Å²) in [5, 5.41) is 12.7. The van der Waals surface area contributed by atoms with Crippen molar-refractivity contribution in [3.63, 3.8) is 0 Å². The van der Waals surface area contributed by atoms with Crippen LogP contribution in [0.4, 0.5) is 0 Å². The minimum absolute atomic E-state index is 0.0259. The molecule has 0 fully saturated rings. The van der Waals surface area contributed by atoms with Gasteiger partial charge < -0.3 is 14.6 Å². The van der Waals surface area contributed by atoms with Crippen LogP contribution in [0.3, 0.4) is 0 Å². The van der Waals surface area contributed by atoms with Crippen LogP contribution in [0, 0.1) is 5.92 Å². The van der Waals surface area contributed by atoms with Crippen LogP contribution in [0.1, 0.15) is 46.4 Å². The third-order valence-corrected chi connectivity index (χ3v) is 6.45. The van der Waals surface area contributed by atoms with Crippen molar-refractivity contribution in [2.75, 3.05) is 12.9 Å². The van der Waals surface area contributed by atoms with E-state index in [9.17, 15) is 9.59 Å². The summed E-state index contributed by atoms with van der Waals surface area (Å²) >= 11 is 7.50. The average Bonchev–Trinajstić information content (AvgIpc) is 3.23. The highest BCUT2D eigenvalue weighted by Gasteiger charge is 2.27. The van der Waals surface area contributed by atoms with E-state index in [1.165, 1.54) is 11.8 Å². The third-order valence-electron chi connectivity index (χ3n) is 5.15. The molecule has 2 aromatic carbocycles. The molecule has 9 heteroatoms. The first kappa shape index (κ1) is 25.5. The predicted molar refractivity (Wildman–Crippen MR) is 135 cm³/mol. The minimum Gasteiger partial charge on any atom is -0.497 e. The number of ether oxygens (including phenoxy) is 1. The van der Waals surface area contributed by atoms with Gasteiger partial charge in [0, 0.05) is 12.1 Å². The lowest BCUT2D eigenvalue weighted by Crippen LogP contribution is -2.34. The third kappa shape index (κ3) is 6.07. The Bertz CT molecular complexity index is 1160. The standard InChI is InChI=1S/C25H27ClN4O3S/c1-5-14-30-23(22(16(2)3)27-24(32)19-8-6-7-9-20(19)26)28-29-25(30)34-15-21(31)17-10-12-18(33-4)13-11-17/h5-13,16,22H,1,14-15H2,2-4H3,(H,27,32)/t22-/m1/s1. The van der Waals surface area contributed by atoms with Gasteiger partial charge in [0.15, 0.2) is 16.8 Å². The predicted octanol–water partition coefficient (Wildman–Crippen LogP) is 5.23. The van der Waals surface area contributed by atoms with Crippen molar-refractivity contribution in [1.82, 2.24) is 20.1 Å². The van der Waals surface area contributed by atoms with E-state index in [2.05, 4.69) is 22.1 Å². The van der Waals surface area contributed by atoms with Gasteiger partial charge in [-0.05, 0) is 42.3 Å². The highest BCUT2D eigenvalue weighted by Crippen LogP contribution is 2.27. The first-order valence-electron chi connectivity index (χ1n) is 10.7. The van der Waals surface area contributed by atoms with E-state index >= 15 is 0 Å². The summed E-state index contributed by atoms with van der Waals surface area (Å²) in [4.78, 5) is 25.6. The number of rotatable bonds is 11. The molecule has 178 valence electrons. The van der Waals surface area contributed by atoms with Crippen LogP contribution < -0.4 is 10.1 Å². The van der Waals surface area contributed by atoms with E-state index in [4.69, 9.17) is 16.3 Å². The number of methoxy groups -OCH3 is 1. The maximum absolute atomic E-state index is 12.9. The number of nitrogens with one attached hydrogen (secondary N) is 1. The number of ketones is 1. The Morgan fingerprint density at radius 3 is 2.50 bits per heavy atom. The Balaban J connectivity index is 1.80. The first-order chi connectivity index (χ1) is 16.3. The number of carbonyl (C=O) groups is 2. The Labute approximate surface area is 208 Å². The van der Waals surface area contributed by atoms with Gasteiger partial charge in [-0.15, -0.1) is 16.8 Å². The number of nitrogens with zero attached hydrogens (tertiary/aromatic N) is 3. The summed E-state index contributed by atoms with van der Waals surface area (Å²) < 4.78 is 7.01. The highest BCUT2D eigenvalue weighted by atomic mass is 35.5. The van der Waals surface area contributed by atoms with Crippen molar-refractivity contribution in [2.24, 2.45) is 5.92 Å². The van der Waals surface area contributed by atoms with E-state index in [-0.39, 0.29) is 23.4 Å². The molecule has 1 aromatic heterocycles. The summed E-state index contributed by atoms with van der Waals surface area (Å²) in [5.41, 5.74) is 0.986. The second kappa shape index (κ2) is 11.9. The smallest absolute Gasteiger partial charge is 0.253 e. The lowest BCUT2D eigenvalue weighted by molar-refractivity contribution is 0.0921. The van der Waals surface area contributed by atoms with Crippen LogP contribution in [0.25, 0.3) is 0 Å². The Hall–Kier alpha value is -3.10. The van der Waals surface area contributed by atoms with Crippen LogP contribution in [-0.4, -0.2) is 39.3 Å². The van der Waals surface area contributed by atoms with Gasteiger partial charge in [0.05, 0.1) is 29.5 Å². The molecule has 1 amide bonds. The molecule has 0 saturated heterocycles. The van der Waals surface area contributed by atoms with Crippen LogP contribution in [0.15, 0.2) is 66.3 Å². The normalized spacial score (nSPS) is 11.8. The van der Waals surface area contributed by atoms with Gasteiger partial charge >= 0.3 is 0 Å². The van der Waals surface area contributed by atoms with Crippen LogP contribution in [-0.2, 0) is 6.54 Å². The van der Waals surface area contributed by atoms with E-state index in [0.29, 0.717) is 39.4 Å². The van der Waals surface area contributed by atoms with Crippen molar-refractivity contribution >= 4 is 35.1 Å². The number of amides is 1. The van der Waals surface area contributed by atoms with Gasteiger partial charge in [-0.3, -0.25) is 9.59 Å². The number of hydrogen-bond donors (Lipinski definition) is 1. The second-order valence-electron chi connectivity index (χ2n) is 7.86. The summed E-state index contributed by atoms with van der Waals surface area (Å²) in [5.74, 6) is 1.18. The summed E-state index contributed by atoms with van der Waals surface area (Å²) in [6.07, 6.45) is 1.73. The fourth-order valence-electron chi connectivity index (χ4n) is 3.32. The molecule has 0 aliphatic heterocycles. The highest BCUT2D eigenvalue weighted by molar-refractivity contribution is 7.99. The summed E-state index contributed by atoms with van der Waals surface area (Å²) in [6, 6.07) is 13.5. The molecular formula is C25H27ClN4O3S. The molecule has 3 rings (SSSR count). The molecule has 0 spiro atoms. The largest absolute Gasteiger partial charge is 0.497 e. The van der Waals surface area contributed by atoms with Crippen LogP contribution in [0.5, 0.6) is 5.75 Å². The number of allylic oxidation sites excluding steroid dienone is 1. The number of aromatic nitrogens is 3. The van der Waals surface area contributed by atoms with Crippen LogP contribution in [0.2, 0.25) is 5.02 Å². The van der Waals surface area contributed by atoms with Gasteiger partial charge in [-0.25, -0.2) is 0 Å². The molecule has 3 aromatic rings. The van der Waals surface area contributed by atoms with E-state index < -0.39 is 6.04 Å². The molecule has 0 saturated carbocycles. The average molecular weight is 499 g/mol. The molecule has 1 heterocycles. The monoisotopic (exact) mass is 498 g/mol. The van der Waals surface area contributed by atoms with Gasteiger partial charge in [-0.2, -0.15) is 0 Å². The molecule has 7 nitrogen and oxygen atoms in total. The summed E-state index contributed by atoms with van der Waals surface area (Å²) in [6.45, 7) is 8.25. The maximum atomic E-state index is 12.9. The Morgan fingerprint density at radius 1 is 1.18 bits per heavy atom. The van der Waals surface area contributed by atoms with Gasteiger partial charge in [0.2, 0.25) is 0 Å². The fourth-order valence-corrected chi connectivity index (χ4v) is 4.39. The molecule has 1 N–H and O–H groups in total. The number of halogens is 1. The number of Topliss-reactive ketones (excluding diaryl/α,β-unsaturated/α-hetero) is 1. The van der Waals surface area contributed by atoms with Gasteiger partial charge in [0.25, 0.3) is 5.91 Å². The second-order valence-corrected chi connectivity index (χ2v) is 9.21. The molecule has 0 unspecified atom stereocenters.